The molecule has 0 fully saturated rings. The molecule has 112 valence electrons. The predicted molar refractivity (Wildman–Crippen MR) is 82.7 cm³/mol. The first-order chi connectivity index (χ1) is 10.6. The summed E-state index contributed by atoms with van der Waals surface area (Å²) >= 11 is 0. The zero-order chi connectivity index (χ0) is 15.7. The van der Waals surface area contributed by atoms with Crippen LogP contribution in [0.3, 0.4) is 0 Å². The molecule has 1 aliphatic heterocycles. The lowest BCUT2D eigenvalue weighted by molar-refractivity contribution is -0.701. The first-order valence-electron chi connectivity index (χ1n) is 7.25. The lowest BCUT2D eigenvalue weighted by Gasteiger charge is -2.12. The lowest BCUT2D eigenvalue weighted by atomic mass is 10.1. The van der Waals surface area contributed by atoms with E-state index in [0.29, 0.717) is 24.2 Å². The van der Waals surface area contributed by atoms with Crippen molar-refractivity contribution in [3.63, 3.8) is 0 Å². The Morgan fingerprint density at radius 3 is 2.27 bits per heavy atom. The average Bonchev–Trinajstić information content (AvgIpc) is 2.78. The zero-order valence-electron chi connectivity index (χ0n) is 12.7. The van der Waals surface area contributed by atoms with E-state index in [4.69, 9.17) is 0 Å². The minimum absolute atomic E-state index is 0.203. The second-order valence-electron chi connectivity index (χ2n) is 5.31. The number of amides is 2. The summed E-state index contributed by atoms with van der Waals surface area (Å²) in [6, 6.07) is 11.0. The van der Waals surface area contributed by atoms with Crippen LogP contribution in [0.25, 0.3) is 0 Å². The maximum Gasteiger partial charge on any atom is 0.261 e. The topological polar surface area (TPSA) is 53.3 Å². The second-order valence-corrected chi connectivity index (χ2v) is 5.31. The van der Waals surface area contributed by atoms with Crippen LogP contribution in [-0.4, -0.2) is 30.3 Å². The number of nitrogens with one attached hydrogen (secondary N) is 1. The van der Waals surface area contributed by atoms with Crippen molar-refractivity contribution in [1.82, 2.24) is 4.90 Å². The quantitative estimate of drug-likeness (QED) is 0.689. The van der Waals surface area contributed by atoms with Crippen molar-refractivity contribution in [2.45, 2.75) is 13.5 Å². The van der Waals surface area contributed by atoms with Gasteiger partial charge in [-0.05, 0) is 12.1 Å². The molecular formula is C17H18N3O2+. The van der Waals surface area contributed by atoms with Crippen molar-refractivity contribution in [2.24, 2.45) is 0 Å². The van der Waals surface area contributed by atoms with Gasteiger partial charge < -0.3 is 5.32 Å². The molecule has 3 rings (SSSR count). The van der Waals surface area contributed by atoms with Gasteiger partial charge in [0.2, 0.25) is 0 Å². The van der Waals surface area contributed by atoms with Gasteiger partial charge in [-0.25, -0.2) is 4.57 Å². The van der Waals surface area contributed by atoms with Crippen LogP contribution in [-0.2, 0) is 6.54 Å². The number of imide groups is 1. The monoisotopic (exact) mass is 296 g/mol. The molecule has 0 radical (unpaired) electrons. The molecule has 2 amide bonds. The number of hydrogen-bond acceptors (Lipinski definition) is 3. The largest absolute Gasteiger partial charge is 0.388 e. The number of hydrogen-bond donors (Lipinski definition) is 1. The van der Waals surface area contributed by atoms with E-state index in [2.05, 4.69) is 5.32 Å². The third kappa shape index (κ3) is 2.35. The Bertz CT molecular complexity index is 720. The van der Waals surface area contributed by atoms with Gasteiger partial charge in [0.25, 0.3) is 11.8 Å². The summed E-state index contributed by atoms with van der Waals surface area (Å²) in [5, 5.41) is 3.09. The Morgan fingerprint density at radius 1 is 1.09 bits per heavy atom. The number of fused-ring (bicyclic) bond motifs is 1. The molecule has 1 aliphatic rings. The van der Waals surface area contributed by atoms with Crippen LogP contribution in [0.1, 0.15) is 26.4 Å². The fourth-order valence-electron chi connectivity index (χ4n) is 2.70. The Kier molecular flexibility index (Phi) is 3.63. The second kappa shape index (κ2) is 5.60. The molecule has 2 aromatic rings. The molecule has 1 aromatic heterocycles. The number of benzene rings is 1. The van der Waals surface area contributed by atoms with Crippen LogP contribution < -0.4 is 9.88 Å². The van der Waals surface area contributed by atoms with Crippen molar-refractivity contribution in [3.8, 4) is 0 Å². The van der Waals surface area contributed by atoms with Gasteiger partial charge in [0.05, 0.1) is 17.7 Å². The summed E-state index contributed by atoms with van der Waals surface area (Å²) in [4.78, 5) is 25.9. The summed E-state index contributed by atoms with van der Waals surface area (Å²) in [7, 11) is 1.87. The third-order valence-corrected chi connectivity index (χ3v) is 3.98. The van der Waals surface area contributed by atoms with Crippen molar-refractivity contribution < 1.29 is 14.2 Å². The van der Waals surface area contributed by atoms with Crippen molar-refractivity contribution in [2.75, 3.05) is 18.9 Å². The minimum atomic E-state index is -0.203. The number of pyridine rings is 1. The molecule has 2 heterocycles. The molecule has 5 nitrogen and oxygen atoms in total. The standard InChI is InChI=1S/C17H17N3O2/c1-12-11-13(18-2)7-8-19(12)9-10-20-16(21)14-5-3-4-6-15(14)17(20)22/h3-8,11H,9-10H2,1-2H3/p+1. The van der Waals surface area contributed by atoms with E-state index >= 15 is 0 Å². The normalized spacial score (nSPS) is 13.5. The van der Waals surface area contributed by atoms with Crippen LogP contribution in [0.4, 0.5) is 5.69 Å². The first kappa shape index (κ1) is 14.3. The SMILES string of the molecule is CNc1cc[n+](CCN2C(=O)c3ccccc3C2=O)c(C)c1. The van der Waals surface area contributed by atoms with Gasteiger partial charge in [0.15, 0.2) is 18.4 Å². The smallest absolute Gasteiger partial charge is 0.261 e. The number of nitrogens with zero attached hydrogens (tertiary/aromatic N) is 2. The highest BCUT2D eigenvalue weighted by Gasteiger charge is 2.35. The average molecular weight is 296 g/mol. The van der Waals surface area contributed by atoms with Gasteiger partial charge >= 0.3 is 0 Å². The van der Waals surface area contributed by atoms with Gasteiger partial charge in [0.1, 0.15) is 0 Å². The first-order valence-corrected chi connectivity index (χ1v) is 7.25. The molecule has 0 saturated heterocycles. The van der Waals surface area contributed by atoms with Gasteiger partial charge in [-0.15, -0.1) is 0 Å². The van der Waals surface area contributed by atoms with E-state index in [-0.39, 0.29) is 11.8 Å². The van der Waals surface area contributed by atoms with Crippen LogP contribution in [0.5, 0.6) is 0 Å². The van der Waals surface area contributed by atoms with Crippen molar-refractivity contribution in [1.29, 1.82) is 0 Å². The molecule has 1 N–H and O–H groups in total. The lowest BCUT2D eigenvalue weighted by Crippen LogP contribution is -2.44. The molecule has 0 bridgehead atoms. The van der Waals surface area contributed by atoms with Crippen LogP contribution in [0, 0.1) is 6.92 Å². The molecule has 22 heavy (non-hydrogen) atoms. The number of aryl methyl sites for hydroxylation is 1. The number of rotatable bonds is 4. The molecular weight excluding hydrogens is 278 g/mol. The van der Waals surface area contributed by atoms with E-state index < -0.39 is 0 Å². The highest BCUT2D eigenvalue weighted by molar-refractivity contribution is 6.21. The van der Waals surface area contributed by atoms with Crippen LogP contribution >= 0.6 is 0 Å². The molecule has 5 heteroatoms. The number of anilines is 1. The molecule has 0 saturated carbocycles. The van der Waals surface area contributed by atoms with E-state index in [0.717, 1.165) is 11.4 Å². The summed E-state index contributed by atoms with van der Waals surface area (Å²) in [5.41, 5.74) is 3.11. The molecule has 0 atom stereocenters. The third-order valence-electron chi connectivity index (χ3n) is 3.98. The summed E-state index contributed by atoms with van der Waals surface area (Å²) in [6.45, 7) is 2.96. The Labute approximate surface area is 129 Å². The van der Waals surface area contributed by atoms with Gasteiger partial charge in [0, 0.05) is 31.8 Å². The van der Waals surface area contributed by atoms with E-state index in [9.17, 15) is 9.59 Å². The molecule has 0 aliphatic carbocycles. The summed E-state index contributed by atoms with van der Waals surface area (Å²) in [5.74, 6) is -0.406. The highest BCUT2D eigenvalue weighted by atomic mass is 16.2. The fourth-order valence-corrected chi connectivity index (χ4v) is 2.70. The molecule has 0 spiro atoms. The number of aromatic nitrogens is 1. The highest BCUT2D eigenvalue weighted by Crippen LogP contribution is 2.21. The van der Waals surface area contributed by atoms with E-state index in [1.54, 1.807) is 24.3 Å². The number of carbonyl (C=O) groups is 2. The minimum Gasteiger partial charge on any atom is -0.388 e. The Morgan fingerprint density at radius 2 is 1.73 bits per heavy atom. The van der Waals surface area contributed by atoms with Crippen LogP contribution in [0.2, 0.25) is 0 Å². The van der Waals surface area contributed by atoms with Gasteiger partial charge in [-0.1, -0.05) is 12.1 Å². The molecule has 1 aromatic carbocycles. The van der Waals surface area contributed by atoms with Crippen LogP contribution in [0.15, 0.2) is 42.6 Å². The summed E-state index contributed by atoms with van der Waals surface area (Å²) < 4.78 is 2.03. The maximum absolute atomic E-state index is 12.3. The van der Waals surface area contributed by atoms with Gasteiger partial charge in [-0.2, -0.15) is 0 Å². The van der Waals surface area contributed by atoms with Crippen molar-refractivity contribution >= 4 is 17.5 Å². The van der Waals surface area contributed by atoms with E-state index in [1.807, 2.05) is 36.9 Å². The summed E-state index contributed by atoms with van der Waals surface area (Å²) in [6.07, 6.45) is 1.96. The fraction of sp³-hybridized carbons (Fsp3) is 0.235. The maximum atomic E-state index is 12.3. The Hall–Kier alpha value is -2.69. The zero-order valence-corrected chi connectivity index (χ0v) is 12.7. The Balaban J connectivity index is 1.76. The predicted octanol–water partition coefficient (Wildman–Crippen LogP) is 1.62. The number of carbonyl (C=O) groups excluding carboxylic acids is 2. The van der Waals surface area contributed by atoms with E-state index in [1.165, 1.54) is 4.90 Å². The van der Waals surface area contributed by atoms with Gasteiger partial charge in [-0.3, -0.25) is 14.5 Å². The molecule has 0 unspecified atom stereocenters. The van der Waals surface area contributed by atoms with Crippen molar-refractivity contribution in [3.05, 3.63) is 59.4 Å².